The van der Waals surface area contributed by atoms with Crippen LogP contribution in [0, 0.1) is 0 Å². The number of hydrogen-bond donors (Lipinski definition) is 2. The van der Waals surface area contributed by atoms with Crippen molar-refractivity contribution in [3.63, 3.8) is 0 Å². The second-order valence-corrected chi connectivity index (χ2v) is 6.79. The first-order chi connectivity index (χ1) is 13.2. The zero-order valence-corrected chi connectivity index (χ0v) is 15.7. The summed E-state index contributed by atoms with van der Waals surface area (Å²) in [7, 11) is 4.09. The summed E-state index contributed by atoms with van der Waals surface area (Å²) in [6.45, 7) is 2.72. The highest BCUT2D eigenvalue weighted by Crippen LogP contribution is 2.34. The van der Waals surface area contributed by atoms with Crippen molar-refractivity contribution in [2.45, 2.75) is 13.1 Å². The molecule has 0 unspecified atom stereocenters. The van der Waals surface area contributed by atoms with E-state index in [9.17, 15) is 0 Å². The predicted molar refractivity (Wildman–Crippen MR) is 106 cm³/mol. The molecular formula is C21H24N4O2. The number of nitrogens with zero attached hydrogens (tertiary/aromatic N) is 2. The van der Waals surface area contributed by atoms with Gasteiger partial charge in [-0.15, -0.1) is 0 Å². The van der Waals surface area contributed by atoms with Crippen LogP contribution in [0.2, 0.25) is 0 Å². The molecule has 0 saturated carbocycles. The van der Waals surface area contributed by atoms with Crippen LogP contribution in [0.1, 0.15) is 11.1 Å². The number of nitrogens with one attached hydrogen (secondary N) is 2. The molecule has 27 heavy (non-hydrogen) atoms. The Morgan fingerprint density at radius 2 is 1.78 bits per heavy atom. The maximum atomic E-state index is 5.69. The third-order valence-electron chi connectivity index (χ3n) is 4.65. The predicted octanol–water partition coefficient (Wildman–Crippen LogP) is 3.20. The molecule has 2 N–H and O–H groups in total. The van der Waals surface area contributed by atoms with Crippen LogP contribution in [-0.2, 0) is 13.1 Å². The quantitative estimate of drug-likeness (QED) is 0.703. The molecular weight excluding hydrogens is 340 g/mol. The van der Waals surface area contributed by atoms with Gasteiger partial charge >= 0.3 is 0 Å². The zero-order chi connectivity index (χ0) is 18.6. The van der Waals surface area contributed by atoms with Crippen molar-refractivity contribution in [3.05, 3.63) is 59.8 Å². The molecule has 2 heterocycles. The Balaban J connectivity index is 1.42. The normalized spacial score (nSPS) is 12.8. The molecule has 6 heteroatoms. The number of rotatable bonds is 6. The molecule has 3 aromatic rings. The fraction of sp³-hybridized carbons (Fsp3) is 0.286. The fourth-order valence-corrected chi connectivity index (χ4v) is 3.15. The molecule has 1 aliphatic heterocycles. The minimum atomic E-state index is 0.584. The molecule has 0 spiro atoms. The van der Waals surface area contributed by atoms with Crippen molar-refractivity contribution in [3.8, 4) is 22.8 Å². The summed E-state index contributed by atoms with van der Waals surface area (Å²) in [4.78, 5) is 2.10. The summed E-state index contributed by atoms with van der Waals surface area (Å²) in [5.41, 5.74) is 5.63. The lowest BCUT2D eigenvalue weighted by molar-refractivity contribution is 0.171. The first kappa shape index (κ1) is 17.4. The average Bonchev–Trinajstić information content (AvgIpc) is 3.16. The average molecular weight is 364 g/mol. The molecule has 0 bridgehead atoms. The van der Waals surface area contributed by atoms with Gasteiger partial charge in [0.15, 0.2) is 11.5 Å². The van der Waals surface area contributed by atoms with Crippen molar-refractivity contribution in [1.82, 2.24) is 15.5 Å². The largest absolute Gasteiger partial charge is 0.486 e. The Labute approximate surface area is 159 Å². The molecule has 0 atom stereocenters. The second-order valence-electron chi connectivity index (χ2n) is 6.79. The van der Waals surface area contributed by atoms with E-state index in [1.807, 2.05) is 38.5 Å². The van der Waals surface area contributed by atoms with Gasteiger partial charge in [0.1, 0.15) is 13.2 Å². The van der Waals surface area contributed by atoms with Gasteiger partial charge in [-0.05, 0) is 35.9 Å². The number of aromatic nitrogens is 2. The van der Waals surface area contributed by atoms with Crippen molar-refractivity contribution in [2.24, 2.45) is 0 Å². The van der Waals surface area contributed by atoms with Crippen molar-refractivity contribution in [2.75, 3.05) is 32.2 Å². The number of anilines is 1. The highest BCUT2D eigenvalue weighted by Gasteiger charge is 2.15. The summed E-state index contributed by atoms with van der Waals surface area (Å²) >= 11 is 0. The van der Waals surface area contributed by atoms with Gasteiger partial charge in [0.2, 0.25) is 0 Å². The summed E-state index contributed by atoms with van der Waals surface area (Å²) in [6.07, 6.45) is 1.87. The lowest BCUT2D eigenvalue weighted by Gasteiger charge is -2.18. The topological polar surface area (TPSA) is 62.4 Å². The van der Waals surface area contributed by atoms with Gasteiger partial charge in [-0.3, -0.25) is 5.10 Å². The van der Waals surface area contributed by atoms with Crippen LogP contribution in [0.3, 0.4) is 0 Å². The molecule has 0 saturated heterocycles. The molecule has 0 aliphatic carbocycles. The van der Waals surface area contributed by atoms with E-state index in [0.29, 0.717) is 13.2 Å². The number of ether oxygens (including phenoxy) is 2. The number of benzene rings is 2. The molecule has 4 rings (SSSR count). The van der Waals surface area contributed by atoms with Gasteiger partial charge in [-0.25, -0.2) is 0 Å². The lowest BCUT2D eigenvalue weighted by atomic mass is 10.1. The summed E-state index contributed by atoms with van der Waals surface area (Å²) in [5.74, 6) is 1.58. The van der Waals surface area contributed by atoms with Crippen molar-refractivity contribution < 1.29 is 9.47 Å². The van der Waals surface area contributed by atoms with E-state index in [1.165, 1.54) is 11.3 Å². The summed E-state index contributed by atoms with van der Waals surface area (Å²) in [5, 5.41) is 10.8. The second kappa shape index (κ2) is 7.72. The zero-order valence-electron chi connectivity index (χ0n) is 15.7. The molecule has 1 aliphatic rings. The molecule has 0 radical (unpaired) electrons. The van der Waals surface area contributed by atoms with Crippen LogP contribution >= 0.6 is 0 Å². The standard InChI is InChI=1S/C21H24N4O2/c1-25(2)18-6-3-15(4-7-18)12-22-13-17-14-23-24-21(17)16-5-8-19-20(11-16)27-10-9-26-19/h3-8,11,14,22H,9-10,12-13H2,1-2H3,(H,23,24). The SMILES string of the molecule is CN(C)c1ccc(CNCc2cn[nH]c2-c2ccc3c(c2)OCCO3)cc1. The molecule has 0 fully saturated rings. The Morgan fingerprint density at radius 1 is 1.00 bits per heavy atom. The van der Waals surface area contributed by atoms with E-state index in [2.05, 4.69) is 44.7 Å². The van der Waals surface area contributed by atoms with E-state index in [0.717, 1.165) is 41.4 Å². The molecule has 0 amide bonds. The highest BCUT2D eigenvalue weighted by atomic mass is 16.6. The smallest absolute Gasteiger partial charge is 0.162 e. The van der Waals surface area contributed by atoms with Crippen LogP contribution in [-0.4, -0.2) is 37.5 Å². The number of aromatic amines is 1. The van der Waals surface area contributed by atoms with Gasteiger partial charge < -0.3 is 19.7 Å². The number of fused-ring (bicyclic) bond motifs is 1. The number of H-pyrrole nitrogens is 1. The van der Waals surface area contributed by atoms with Gasteiger partial charge in [0, 0.05) is 44.0 Å². The highest BCUT2D eigenvalue weighted by molar-refractivity contribution is 5.66. The van der Waals surface area contributed by atoms with Crippen LogP contribution in [0.4, 0.5) is 5.69 Å². The minimum Gasteiger partial charge on any atom is -0.486 e. The van der Waals surface area contributed by atoms with Crippen LogP contribution in [0.25, 0.3) is 11.3 Å². The van der Waals surface area contributed by atoms with Crippen molar-refractivity contribution in [1.29, 1.82) is 0 Å². The number of hydrogen-bond acceptors (Lipinski definition) is 5. The first-order valence-corrected chi connectivity index (χ1v) is 9.10. The Kier molecular flexibility index (Phi) is 4.98. The van der Waals surface area contributed by atoms with Gasteiger partial charge in [0.05, 0.1) is 11.9 Å². The van der Waals surface area contributed by atoms with Crippen molar-refractivity contribution >= 4 is 5.69 Å². The Morgan fingerprint density at radius 3 is 2.56 bits per heavy atom. The molecule has 6 nitrogen and oxygen atoms in total. The third-order valence-corrected chi connectivity index (χ3v) is 4.65. The van der Waals surface area contributed by atoms with Gasteiger partial charge in [0.25, 0.3) is 0 Å². The molecule has 2 aromatic carbocycles. The van der Waals surface area contributed by atoms with E-state index in [4.69, 9.17) is 9.47 Å². The van der Waals surface area contributed by atoms with E-state index in [-0.39, 0.29) is 0 Å². The maximum Gasteiger partial charge on any atom is 0.162 e. The minimum absolute atomic E-state index is 0.584. The fourth-order valence-electron chi connectivity index (χ4n) is 3.15. The van der Waals surface area contributed by atoms with Gasteiger partial charge in [-0.2, -0.15) is 5.10 Å². The van der Waals surface area contributed by atoms with Gasteiger partial charge in [-0.1, -0.05) is 12.1 Å². The van der Waals surface area contributed by atoms with Crippen LogP contribution in [0.5, 0.6) is 11.5 Å². The van der Waals surface area contributed by atoms with E-state index >= 15 is 0 Å². The summed E-state index contributed by atoms with van der Waals surface area (Å²) in [6, 6.07) is 14.6. The maximum absolute atomic E-state index is 5.69. The summed E-state index contributed by atoms with van der Waals surface area (Å²) < 4.78 is 11.3. The van der Waals surface area contributed by atoms with E-state index < -0.39 is 0 Å². The monoisotopic (exact) mass is 364 g/mol. The van der Waals surface area contributed by atoms with Crippen LogP contribution in [0.15, 0.2) is 48.7 Å². The van der Waals surface area contributed by atoms with Crippen LogP contribution < -0.4 is 19.7 Å². The van der Waals surface area contributed by atoms with E-state index in [1.54, 1.807) is 0 Å². The molecule has 1 aromatic heterocycles. The Bertz CT molecular complexity index is 903. The lowest BCUT2D eigenvalue weighted by Crippen LogP contribution is -2.15. The molecule has 140 valence electrons. The first-order valence-electron chi connectivity index (χ1n) is 9.10. The Hall–Kier alpha value is -2.99. The third kappa shape index (κ3) is 3.90.